The number of rotatable bonds is 1. The Morgan fingerprint density at radius 2 is 2.06 bits per heavy atom. The molecule has 0 aliphatic carbocycles. The fraction of sp³-hybridized carbons (Fsp3) is 0.375. The number of piperidine rings is 1. The second kappa shape index (κ2) is 8.60. The number of hydrogen-bond acceptors (Lipinski definition) is 4. The molecule has 0 radical (unpaired) electrons. The van der Waals surface area contributed by atoms with Crippen molar-refractivity contribution in [2.24, 2.45) is 0 Å². The number of amides is 1. The SMILES string of the molecule is CC(C)(C)OC(=O)N1CCCC(c2cccc(C#Cc3cnc4ccc(Cl)cn34)n2)C1. The summed E-state index contributed by atoms with van der Waals surface area (Å²) in [5.74, 6) is 6.44. The van der Waals surface area contributed by atoms with Gasteiger partial charge in [-0.2, -0.15) is 0 Å². The van der Waals surface area contributed by atoms with Crippen LogP contribution in [0.25, 0.3) is 5.65 Å². The minimum atomic E-state index is -0.500. The number of ether oxygens (including phenoxy) is 1. The first-order chi connectivity index (χ1) is 14.8. The molecule has 31 heavy (non-hydrogen) atoms. The summed E-state index contributed by atoms with van der Waals surface area (Å²) in [6, 6.07) is 9.51. The van der Waals surface area contributed by atoms with E-state index >= 15 is 0 Å². The van der Waals surface area contributed by atoms with Crippen molar-refractivity contribution in [3.05, 3.63) is 64.8 Å². The number of aromatic nitrogens is 3. The number of halogens is 1. The summed E-state index contributed by atoms with van der Waals surface area (Å²) in [7, 11) is 0. The van der Waals surface area contributed by atoms with Gasteiger partial charge in [-0.3, -0.25) is 4.40 Å². The maximum atomic E-state index is 12.5. The standard InChI is InChI=1S/C24H25ClN4O2/c1-24(2,3)31-23(30)28-13-5-6-17(15-28)21-8-4-7-19(27-21)10-11-20-14-26-22-12-9-18(25)16-29(20)22/h4,7-9,12,14,16-17H,5-6,13,15H2,1-3H3. The minimum Gasteiger partial charge on any atom is -0.444 e. The highest BCUT2D eigenvalue weighted by molar-refractivity contribution is 6.30. The molecule has 0 saturated carbocycles. The third kappa shape index (κ3) is 5.18. The molecule has 1 amide bonds. The van der Waals surface area contributed by atoms with Crippen LogP contribution in [0.15, 0.2) is 42.7 Å². The zero-order valence-electron chi connectivity index (χ0n) is 17.9. The van der Waals surface area contributed by atoms with Gasteiger partial charge in [-0.15, -0.1) is 0 Å². The second-order valence-corrected chi connectivity index (χ2v) is 9.12. The summed E-state index contributed by atoms with van der Waals surface area (Å²) in [6.07, 6.45) is 5.16. The van der Waals surface area contributed by atoms with Crippen molar-refractivity contribution in [2.75, 3.05) is 13.1 Å². The van der Waals surface area contributed by atoms with E-state index in [1.165, 1.54) is 0 Å². The molecule has 0 bridgehead atoms. The molecule has 160 valence electrons. The molecule has 1 aliphatic heterocycles. The van der Waals surface area contributed by atoms with Crippen molar-refractivity contribution in [3.63, 3.8) is 0 Å². The van der Waals surface area contributed by atoms with Gasteiger partial charge in [0.1, 0.15) is 22.6 Å². The topological polar surface area (TPSA) is 59.7 Å². The monoisotopic (exact) mass is 436 g/mol. The molecule has 3 aromatic heterocycles. The number of carbonyl (C=O) groups is 1. The van der Waals surface area contributed by atoms with Crippen molar-refractivity contribution in [1.29, 1.82) is 0 Å². The zero-order valence-corrected chi connectivity index (χ0v) is 18.7. The van der Waals surface area contributed by atoms with E-state index in [4.69, 9.17) is 21.3 Å². The normalized spacial score (nSPS) is 16.6. The number of hydrogen-bond donors (Lipinski definition) is 0. The smallest absolute Gasteiger partial charge is 0.410 e. The largest absolute Gasteiger partial charge is 0.444 e. The number of nitrogens with zero attached hydrogens (tertiary/aromatic N) is 4. The Kier molecular flexibility index (Phi) is 5.88. The Morgan fingerprint density at radius 1 is 1.23 bits per heavy atom. The molecule has 0 aromatic carbocycles. The maximum Gasteiger partial charge on any atom is 0.410 e. The Morgan fingerprint density at radius 3 is 2.87 bits per heavy atom. The van der Waals surface area contributed by atoms with E-state index in [2.05, 4.69) is 16.8 Å². The van der Waals surface area contributed by atoms with Gasteiger partial charge in [-0.1, -0.05) is 17.7 Å². The van der Waals surface area contributed by atoms with E-state index in [0.29, 0.717) is 23.8 Å². The van der Waals surface area contributed by atoms with E-state index in [1.54, 1.807) is 23.4 Å². The Labute approximate surface area is 187 Å². The van der Waals surface area contributed by atoms with Crippen LogP contribution in [0.1, 0.15) is 56.6 Å². The highest BCUT2D eigenvalue weighted by Crippen LogP contribution is 2.27. The number of pyridine rings is 2. The Balaban J connectivity index is 1.52. The summed E-state index contributed by atoms with van der Waals surface area (Å²) >= 11 is 6.09. The van der Waals surface area contributed by atoms with Gasteiger partial charge in [-0.05, 0) is 69.7 Å². The van der Waals surface area contributed by atoms with Crippen molar-refractivity contribution in [2.45, 2.75) is 45.1 Å². The van der Waals surface area contributed by atoms with Gasteiger partial charge >= 0.3 is 6.09 Å². The summed E-state index contributed by atoms with van der Waals surface area (Å²) in [5, 5.41) is 0.625. The van der Waals surface area contributed by atoms with Crippen LogP contribution in [0.2, 0.25) is 5.02 Å². The average Bonchev–Trinajstić information content (AvgIpc) is 3.13. The van der Waals surface area contributed by atoms with E-state index in [9.17, 15) is 4.79 Å². The summed E-state index contributed by atoms with van der Waals surface area (Å²) in [6.45, 7) is 6.96. The highest BCUT2D eigenvalue weighted by atomic mass is 35.5. The lowest BCUT2D eigenvalue weighted by Gasteiger charge is -2.34. The van der Waals surface area contributed by atoms with Gasteiger partial charge in [-0.25, -0.2) is 14.8 Å². The average molecular weight is 437 g/mol. The van der Waals surface area contributed by atoms with E-state index in [0.717, 1.165) is 29.9 Å². The fourth-order valence-corrected chi connectivity index (χ4v) is 3.80. The predicted molar refractivity (Wildman–Crippen MR) is 120 cm³/mol. The number of imidazole rings is 1. The van der Waals surface area contributed by atoms with Gasteiger partial charge in [0.15, 0.2) is 0 Å². The molecular weight excluding hydrogens is 412 g/mol. The minimum absolute atomic E-state index is 0.164. The molecular formula is C24H25ClN4O2. The van der Waals surface area contributed by atoms with Crippen molar-refractivity contribution in [1.82, 2.24) is 19.3 Å². The molecule has 3 aromatic rings. The van der Waals surface area contributed by atoms with Gasteiger partial charge < -0.3 is 9.64 Å². The number of fused-ring (bicyclic) bond motifs is 1. The third-order valence-electron chi connectivity index (χ3n) is 5.05. The van der Waals surface area contributed by atoms with Crippen LogP contribution in [0.3, 0.4) is 0 Å². The Hall–Kier alpha value is -3.04. The van der Waals surface area contributed by atoms with E-state index in [-0.39, 0.29) is 12.0 Å². The second-order valence-electron chi connectivity index (χ2n) is 8.68. The molecule has 1 saturated heterocycles. The maximum absolute atomic E-state index is 12.5. The molecule has 0 spiro atoms. The quantitative estimate of drug-likeness (QED) is 0.509. The van der Waals surface area contributed by atoms with Crippen molar-refractivity contribution in [3.8, 4) is 11.8 Å². The Bertz CT molecular complexity index is 1170. The van der Waals surface area contributed by atoms with Crippen LogP contribution in [0.4, 0.5) is 4.79 Å². The first-order valence-corrected chi connectivity index (χ1v) is 10.8. The predicted octanol–water partition coefficient (Wildman–Crippen LogP) is 4.90. The summed E-state index contributed by atoms with van der Waals surface area (Å²) in [5.41, 5.74) is 2.67. The van der Waals surface area contributed by atoms with Crippen LogP contribution in [0, 0.1) is 11.8 Å². The molecule has 1 aliphatic rings. The molecule has 4 heterocycles. The van der Waals surface area contributed by atoms with Gasteiger partial charge in [0, 0.05) is 30.9 Å². The van der Waals surface area contributed by atoms with E-state index < -0.39 is 5.60 Å². The summed E-state index contributed by atoms with van der Waals surface area (Å²) < 4.78 is 7.40. The van der Waals surface area contributed by atoms with Gasteiger partial charge in [0.2, 0.25) is 0 Å². The van der Waals surface area contributed by atoms with Crippen LogP contribution < -0.4 is 0 Å². The van der Waals surface area contributed by atoms with Crippen LogP contribution in [-0.4, -0.2) is 44.1 Å². The number of carbonyl (C=O) groups excluding carboxylic acids is 1. The van der Waals surface area contributed by atoms with Crippen LogP contribution in [0.5, 0.6) is 0 Å². The zero-order chi connectivity index (χ0) is 22.0. The fourth-order valence-electron chi connectivity index (χ4n) is 3.63. The van der Waals surface area contributed by atoms with Crippen LogP contribution in [-0.2, 0) is 4.74 Å². The van der Waals surface area contributed by atoms with Crippen LogP contribution >= 0.6 is 11.6 Å². The summed E-state index contributed by atoms with van der Waals surface area (Å²) in [4.78, 5) is 23.3. The molecule has 6 nitrogen and oxygen atoms in total. The third-order valence-corrected chi connectivity index (χ3v) is 5.27. The highest BCUT2D eigenvalue weighted by Gasteiger charge is 2.28. The van der Waals surface area contributed by atoms with Crippen molar-refractivity contribution >= 4 is 23.3 Å². The molecule has 4 rings (SSSR count). The van der Waals surface area contributed by atoms with Gasteiger partial charge in [0.05, 0.1) is 11.2 Å². The van der Waals surface area contributed by atoms with Gasteiger partial charge in [0.25, 0.3) is 0 Å². The molecule has 7 heteroatoms. The van der Waals surface area contributed by atoms with Crippen molar-refractivity contribution < 1.29 is 9.53 Å². The number of likely N-dealkylation sites (tertiary alicyclic amines) is 1. The molecule has 1 unspecified atom stereocenters. The molecule has 0 N–H and O–H groups in total. The molecule has 1 fully saturated rings. The first kappa shape index (κ1) is 21.2. The lowest BCUT2D eigenvalue weighted by Crippen LogP contribution is -2.42. The lowest BCUT2D eigenvalue weighted by molar-refractivity contribution is 0.0197. The van der Waals surface area contributed by atoms with E-state index in [1.807, 2.05) is 49.4 Å². The lowest BCUT2D eigenvalue weighted by atomic mass is 9.94. The first-order valence-electron chi connectivity index (χ1n) is 10.4. The molecule has 1 atom stereocenters.